The van der Waals surface area contributed by atoms with Crippen LogP contribution in [-0.4, -0.2) is 5.11 Å². The molecule has 0 aromatic heterocycles. The zero-order valence-electron chi connectivity index (χ0n) is 11.4. The Bertz CT molecular complexity index is 603. The maximum Gasteiger partial charge on any atom is 0.126 e. The lowest BCUT2D eigenvalue weighted by Gasteiger charge is -2.21. The molecule has 2 N–H and O–H groups in total. The van der Waals surface area contributed by atoms with Gasteiger partial charge in [0.2, 0.25) is 0 Å². The highest BCUT2D eigenvalue weighted by Gasteiger charge is 2.14. The largest absolute Gasteiger partial charge is 0.508 e. The minimum absolute atomic E-state index is 0.0218. The molecule has 2 aromatic rings. The van der Waals surface area contributed by atoms with Crippen molar-refractivity contribution in [2.45, 2.75) is 25.9 Å². The molecule has 0 saturated heterocycles. The van der Waals surface area contributed by atoms with Gasteiger partial charge in [-0.2, -0.15) is 0 Å². The molecule has 20 heavy (non-hydrogen) atoms. The number of phenolic OH excluding ortho intramolecular Hbond substituents is 1. The van der Waals surface area contributed by atoms with Crippen molar-refractivity contribution in [3.8, 4) is 5.75 Å². The Morgan fingerprint density at radius 3 is 2.50 bits per heavy atom. The molecule has 0 aliphatic carbocycles. The van der Waals surface area contributed by atoms with Gasteiger partial charge in [-0.1, -0.05) is 34.1 Å². The summed E-state index contributed by atoms with van der Waals surface area (Å²) in [4.78, 5) is 0. The minimum atomic E-state index is -0.432. The minimum Gasteiger partial charge on any atom is -0.508 e. The molecular weight excluding hydrogens is 321 g/mol. The Kier molecular flexibility index (Phi) is 4.78. The van der Waals surface area contributed by atoms with Crippen molar-refractivity contribution < 1.29 is 9.50 Å². The van der Waals surface area contributed by atoms with Crippen LogP contribution in [0.5, 0.6) is 5.75 Å². The van der Waals surface area contributed by atoms with E-state index in [9.17, 15) is 9.50 Å². The molecule has 2 aromatic carbocycles. The van der Waals surface area contributed by atoms with Crippen LogP contribution in [0.15, 0.2) is 46.9 Å². The quantitative estimate of drug-likeness (QED) is 0.847. The van der Waals surface area contributed by atoms with E-state index < -0.39 is 5.82 Å². The summed E-state index contributed by atoms with van der Waals surface area (Å²) in [6, 6.07) is 12.2. The molecule has 2 atom stereocenters. The lowest BCUT2D eigenvalue weighted by Crippen LogP contribution is -2.22. The summed E-state index contributed by atoms with van der Waals surface area (Å²) in [5.41, 5.74) is 1.83. The lowest BCUT2D eigenvalue weighted by molar-refractivity contribution is 0.434. The maximum atomic E-state index is 13.0. The van der Waals surface area contributed by atoms with Crippen LogP contribution in [0.3, 0.4) is 0 Å². The average molecular weight is 338 g/mol. The van der Waals surface area contributed by atoms with Gasteiger partial charge in [-0.05, 0) is 37.6 Å². The Morgan fingerprint density at radius 2 is 1.85 bits per heavy atom. The molecule has 0 radical (unpaired) electrons. The molecule has 2 unspecified atom stereocenters. The number of halogens is 2. The zero-order chi connectivity index (χ0) is 14.7. The second-order valence-corrected chi connectivity index (χ2v) is 5.78. The van der Waals surface area contributed by atoms with Crippen LogP contribution in [0.4, 0.5) is 4.39 Å². The fourth-order valence-corrected chi connectivity index (χ4v) is 2.64. The number of phenols is 1. The molecule has 0 aliphatic rings. The normalized spacial score (nSPS) is 14.0. The topological polar surface area (TPSA) is 32.3 Å². The smallest absolute Gasteiger partial charge is 0.126 e. The van der Waals surface area contributed by atoms with E-state index in [1.54, 1.807) is 6.07 Å². The molecule has 0 fully saturated rings. The second-order valence-electron chi connectivity index (χ2n) is 4.87. The zero-order valence-corrected chi connectivity index (χ0v) is 13.0. The number of hydrogen-bond acceptors (Lipinski definition) is 2. The van der Waals surface area contributed by atoms with E-state index in [1.165, 1.54) is 6.07 Å². The monoisotopic (exact) mass is 337 g/mol. The van der Waals surface area contributed by atoms with Gasteiger partial charge in [-0.3, -0.25) is 0 Å². The Morgan fingerprint density at radius 1 is 1.10 bits per heavy atom. The van der Waals surface area contributed by atoms with Crippen LogP contribution in [-0.2, 0) is 0 Å². The van der Waals surface area contributed by atoms with Crippen LogP contribution in [0.25, 0.3) is 0 Å². The molecule has 106 valence electrons. The van der Waals surface area contributed by atoms with Crippen LogP contribution in [0, 0.1) is 5.82 Å². The van der Waals surface area contributed by atoms with Gasteiger partial charge >= 0.3 is 0 Å². The third-order valence-electron chi connectivity index (χ3n) is 3.31. The van der Waals surface area contributed by atoms with Crippen molar-refractivity contribution >= 4 is 15.9 Å². The molecule has 0 spiro atoms. The van der Waals surface area contributed by atoms with Crippen molar-refractivity contribution in [2.75, 3.05) is 0 Å². The van der Waals surface area contributed by atoms with Gasteiger partial charge in [0.25, 0.3) is 0 Å². The van der Waals surface area contributed by atoms with Gasteiger partial charge in [-0.15, -0.1) is 0 Å². The van der Waals surface area contributed by atoms with Crippen molar-refractivity contribution in [3.63, 3.8) is 0 Å². The number of benzene rings is 2. The number of hydrogen-bond donors (Lipinski definition) is 2. The van der Waals surface area contributed by atoms with E-state index in [1.807, 2.05) is 25.1 Å². The van der Waals surface area contributed by atoms with Gasteiger partial charge < -0.3 is 10.4 Å². The highest BCUT2D eigenvalue weighted by molar-refractivity contribution is 9.10. The van der Waals surface area contributed by atoms with Crippen molar-refractivity contribution in [1.29, 1.82) is 0 Å². The van der Waals surface area contributed by atoms with E-state index in [0.717, 1.165) is 16.1 Å². The molecule has 4 heteroatoms. The Labute approximate surface area is 126 Å². The molecule has 0 aliphatic heterocycles. The first-order valence-corrected chi connectivity index (χ1v) is 7.26. The van der Waals surface area contributed by atoms with Gasteiger partial charge in [0.15, 0.2) is 0 Å². The molecule has 0 bridgehead atoms. The van der Waals surface area contributed by atoms with Crippen molar-refractivity contribution in [2.24, 2.45) is 0 Å². The van der Waals surface area contributed by atoms with E-state index in [-0.39, 0.29) is 17.8 Å². The maximum absolute atomic E-state index is 13.0. The lowest BCUT2D eigenvalue weighted by atomic mass is 10.0. The first kappa shape index (κ1) is 15.0. The summed E-state index contributed by atoms with van der Waals surface area (Å²) in [6.07, 6.45) is 0. The Balaban J connectivity index is 2.12. The fourth-order valence-electron chi connectivity index (χ4n) is 2.22. The first-order valence-electron chi connectivity index (χ1n) is 6.47. The van der Waals surface area contributed by atoms with Crippen molar-refractivity contribution in [1.82, 2.24) is 5.32 Å². The average Bonchev–Trinajstić information content (AvgIpc) is 2.38. The molecule has 2 rings (SSSR count). The summed E-state index contributed by atoms with van der Waals surface area (Å²) in [5, 5.41) is 13.2. The molecule has 0 heterocycles. The highest BCUT2D eigenvalue weighted by atomic mass is 79.9. The van der Waals surface area contributed by atoms with Crippen LogP contribution in [0.2, 0.25) is 0 Å². The summed E-state index contributed by atoms with van der Waals surface area (Å²) < 4.78 is 14.0. The van der Waals surface area contributed by atoms with E-state index >= 15 is 0 Å². The summed E-state index contributed by atoms with van der Waals surface area (Å²) >= 11 is 3.45. The van der Waals surface area contributed by atoms with E-state index in [2.05, 4.69) is 34.2 Å². The van der Waals surface area contributed by atoms with Gasteiger partial charge in [0.05, 0.1) is 0 Å². The number of nitrogens with one attached hydrogen (secondary N) is 1. The van der Waals surface area contributed by atoms with Crippen LogP contribution >= 0.6 is 15.9 Å². The number of aromatic hydroxyl groups is 1. The first-order chi connectivity index (χ1) is 9.47. The second kappa shape index (κ2) is 6.37. The fraction of sp³-hybridized carbons (Fsp3) is 0.250. The van der Waals surface area contributed by atoms with Gasteiger partial charge in [0.1, 0.15) is 11.6 Å². The van der Waals surface area contributed by atoms with E-state index in [0.29, 0.717) is 5.56 Å². The molecule has 2 nitrogen and oxygen atoms in total. The summed E-state index contributed by atoms with van der Waals surface area (Å²) in [6.45, 7) is 4.00. The van der Waals surface area contributed by atoms with Crippen LogP contribution in [0.1, 0.15) is 37.1 Å². The van der Waals surface area contributed by atoms with Crippen LogP contribution < -0.4 is 5.32 Å². The SMILES string of the molecule is CC(NC(C)c1ccc(F)cc1O)c1cccc(Br)c1. The van der Waals surface area contributed by atoms with Crippen molar-refractivity contribution in [3.05, 3.63) is 63.9 Å². The third kappa shape index (κ3) is 3.58. The summed E-state index contributed by atoms with van der Waals surface area (Å²) in [7, 11) is 0. The van der Waals surface area contributed by atoms with Gasteiger partial charge in [-0.25, -0.2) is 4.39 Å². The molecular formula is C16H17BrFNO. The third-order valence-corrected chi connectivity index (χ3v) is 3.80. The molecule has 0 saturated carbocycles. The predicted molar refractivity (Wildman–Crippen MR) is 82.2 cm³/mol. The Hall–Kier alpha value is -1.39. The standard InChI is InChI=1S/C16H17BrFNO/c1-10(12-4-3-5-13(17)8-12)19-11(2)15-7-6-14(18)9-16(15)20/h3-11,19-20H,1-2H3. The highest BCUT2D eigenvalue weighted by Crippen LogP contribution is 2.27. The van der Waals surface area contributed by atoms with E-state index in [4.69, 9.17) is 0 Å². The predicted octanol–water partition coefficient (Wildman–Crippen LogP) is 4.71. The molecule has 0 amide bonds. The van der Waals surface area contributed by atoms with Gasteiger partial charge in [0, 0.05) is 28.2 Å². The summed E-state index contributed by atoms with van der Waals surface area (Å²) in [5.74, 6) is -0.454. The number of rotatable bonds is 4.